The molecule has 27 heavy (non-hydrogen) atoms. The van der Waals surface area contributed by atoms with Crippen molar-refractivity contribution in [1.29, 1.82) is 0 Å². The molecule has 0 aromatic carbocycles. The zero-order chi connectivity index (χ0) is 0. The Morgan fingerprint density at radius 2 is 0.111 bits per heavy atom. The summed E-state index contributed by atoms with van der Waals surface area (Å²) in [7, 11) is 0. The molecule has 0 radical (unpaired) electrons. The van der Waals surface area contributed by atoms with E-state index in [9.17, 15) is 0 Å². The van der Waals surface area contributed by atoms with Gasteiger partial charge in [0.15, 0.2) is 0 Å². The van der Waals surface area contributed by atoms with E-state index in [4.69, 9.17) is 0 Å². The average Bonchev–Trinajstić information content (AvgIpc) is 0. The van der Waals surface area contributed by atoms with Crippen molar-refractivity contribution >= 4 is 153 Å². The predicted molar refractivity (Wildman–Crippen MR) is 92.9 cm³/mol. The molecule has 0 aliphatic heterocycles. The quantitative estimate of drug-likeness (QED) is 0.168. The minimum atomic E-state index is 0. The van der Waals surface area contributed by atoms with Crippen LogP contribution in [-0.4, -0.2) is 0 Å². The Morgan fingerprint density at radius 3 is 0.111 bits per heavy atom. The molecule has 0 atom stereocenters. The summed E-state index contributed by atoms with van der Waals surface area (Å²) in [5, 5.41) is 0. The smallest absolute Gasteiger partial charge is 1.00 e. The van der Waals surface area contributed by atoms with Crippen molar-refractivity contribution in [1.82, 2.24) is 0 Å². The second-order valence-electron chi connectivity index (χ2n) is 0. The van der Waals surface area contributed by atoms with Crippen LogP contribution in [0.15, 0.2) is 0 Å². The molecule has 234 valence electrons. The molecule has 0 saturated carbocycles. The fourth-order valence-corrected chi connectivity index (χ4v) is 0. The van der Waals surface area contributed by atoms with Crippen LogP contribution in [0, 0.1) is 0 Å². The van der Waals surface area contributed by atoms with E-state index < -0.39 is 0 Å². The molecular formula is H9Ag9Br9I9. The van der Waals surface area contributed by atoms with E-state index in [-0.39, 0.29) is 570 Å². The van der Waals surface area contributed by atoms with E-state index in [1.807, 2.05) is 0 Å². The molecule has 0 fully saturated rings. The van der Waals surface area contributed by atoms with Crippen molar-refractivity contribution in [2.45, 2.75) is 0 Å². The summed E-state index contributed by atoms with van der Waals surface area (Å²) in [6.07, 6.45) is 0. The first-order chi connectivity index (χ1) is 0. The Balaban J connectivity index is 0. The topological polar surface area (TPSA) is 0 Å². The minimum absolute atomic E-state index is 0. The molecule has 0 spiro atoms. The zero-order valence-electron chi connectivity index (χ0n) is 9.79. The van der Waals surface area contributed by atoms with Gasteiger partial charge in [0.1, 0.15) is 0 Å². The van der Waals surface area contributed by atoms with E-state index in [0.29, 0.717) is 0 Å². The van der Waals surface area contributed by atoms with Gasteiger partial charge in [-0.05, 0) is 0 Å². The number of hydrogen-bond donors (Lipinski definition) is 0. The predicted octanol–water partition coefficient (Wildman–Crippen LogP) is -21.8. The molecule has 0 unspecified atom stereocenters. The summed E-state index contributed by atoms with van der Waals surface area (Å²) in [5.74, 6) is 0. The van der Waals surface area contributed by atoms with Crippen molar-refractivity contribution in [3.8, 4) is 0 Å². The maximum absolute atomic E-state index is 0. The molecule has 0 nitrogen and oxygen atoms in total. The monoisotopic (exact) mass is 2820 g/mol. The van der Waals surface area contributed by atoms with Crippen LogP contribution in [0.4, 0.5) is 0 Å². The molecular weight excluding hydrogens is 2830 g/mol. The van der Waals surface area contributed by atoms with Gasteiger partial charge in [-0.1, -0.05) is 0 Å². The largest absolute Gasteiger partial charge is 1.00 e. The zero-order valence-corrected chi connectivity index (χ0v) is 58.0. The van der Waals surface area contributed by atoms with Crippen LogP contribution in [0.5, 0.6) is 0 Å². The standard InChI is InChI=1S/9Ag.9BrH.9HI/h;;;;;;;;;18*1H/q9*+1;;;;;;;;;;;;;;;;;;/p-9. The van der Waals surface area contributed by atoms with Gasteiger partial charge >= 0.3 is 201 Å². The van der Waals surface area contributed by atoms with Crippen molar-refractivity contribution in [2.24, 2.45) is 0 Å². The number of hydrogen-bond acceptors (Lipinski definition) is 0. The number of rotatable bonds is 0. The molecule has 0 heterocycles. The van der Waals surface area contributed by atoms with Gasteiger partial charge in [-0.15, -0.1) is 153 Å². The first kappa shape index (κ1) is 274. The van der Waals surface area contributed by atoms with E-state index in [1.54, 1.807) is 0 Å². The second kappa shape index (κ2) is 256. The van der Waals surface area contributed by atoms with Crippen LogP contribution >= 0.6 is 153 Å². The third kappa shape index (κ3) is 244. The average molecular weight is 2840 g/mol. The Kier molecular flexibility index (Phi) is 2600. The van der Waals surface area contributed by atoms with Crippen LogP contribution in [0.25, 0.3) is 0 Å². The molecule has 0 amide bonds. The molecule has 27 heteroatoms. The first-order valence-corrected chi connectivity index (χ1v) is 0. The fraction of sp³-hybridized carbons (Fsp3) is 0. The molecule has 0 aromatic heterocycles. The summed E-state index contributed by atoms with van der Waals surface area (Å²) in [6, 6.07) is 0. The normalized spacial score (nSPS) is 0. The molecule has 0 aliphatic carbocycles. The van der Waals surface area contributed by atoms with Crippen LogP contribution in [-0.2, 0) is 201 Å². The fourth-order valence-electron chi connectivity index (χ4n) is 0. The van der Waals surface area contributed by atoms with Gasteiger partial charge in [0, 0.05) is 0 Å². The maximum atomic E-state index is 0. The van der Waals surface area contributed by atoms with Gasteiger partial charge in [-0.25, -0.2) is 0 Å². The van der Waals surface area contributed by atoms with Crippen LogP contribution in [0.3, 0.4) is 0 Å². The van der Waals surface area contributed by atoms with Gasteiger partial charge in [0.2, 0.25) is 0 Å². The van der Waals surface area contributed by atoms with Gasteiger partial charge < -0.3 is 216 Å². The van der Waals surface area contributed by atoms with Crippen LogP contribution in [0.1, 0.15) is 0 Å². The van der Waals surface area contributed by atoms with Crippen molar-refractivity contribution in [3.05, 3.63) is 0 Å². The summed E-state index contributed by atoms with van der Waals surface area (Å²) in [6.45, 7) is 0. The Bertz CT molecular complexity index is 42.8. The Labute approximate surface area is 553 Å². The number of halogens is 18. The third-order valence-corrected chi connectivity index (χ3v) is 0. The van der Waals surface area contributed by atoms with Gasteiger partial charge in [0.05, 0.1) is 0 Å². The van der Waals surface area contributed by atoms with E-state index in [2.05, 4.69) is 0 Å². The third-order valence-electron chi connectivity index (χ3n) is 0. The summed E-state index contributed by atoms with van der Waals surface area (Å²) in [4.78, 5) is 0. The molecule has 0 N–H and O–H groups in total. The summed E-state index contributed by atoms with van der Waals surface area (Å²) >= 11 is 0. The van der Waals surface area contributed by atoms with E-state index in [0.717, 1.165) is 0 Å². The SMILES string of the molecule is Br.Br.Br.Br.Br.Br.Br.Br.Br.[Ag+].[Ag+].[Ag+].[Ag+].[Ag+].[Ag+].[Ag+].[Ag+].[Ag+].[I-].[I-].[I-].[I-].[I-].[I-].[I-].[I-].[I-]. The molecule has 0 rings (SSSR count). The van der Waals surface area contributed by atoms with E-state index in [1.165, 1.54) is 0 Å². The van der Waals surface area contributed by atoms with Crippen molar-refractivity contribution < 1.29 is 417 Å². The maximum Gasteiger partial charge on any atom is 1.00 e. The second-order valence-corrected chi connectivity index (χ2v) is 0. The van der Waals surface area contributed by atoms with Gasteiger partial charge in [0.25, 0.3) is 0 Å². The first-order valence-electron chi connectivity index (χ1n) is 0. The van der Waals surface area contributed by atoms with Crippen LogP contribution < -0.4 is 216 Å². The Hall–Kier alpha value is 17.6. The Morgan fingerprint density at radius 1 is 0.111 bits per heavy atom. The van der Waals surface area contributed by atoms with Crippen molar-refractivity contribution in [2.75, 3.05) is 0 Å². The minimum Gasteiger partial charge on any atom is -1.00 e. The van der Waals surface area contributed by atoms with E-state index >= 15 is 0 Å². The van der Waals surface area contributed by atoms with Crippen molar-refractivity contribution in [3.63, 3.8) is 0 Å². The molecule has 0 bridgehead atoms. The van der Waals surface area contributed by atoms with Gasteiger partial charge in [-0.3, -0.25) is 0 Å². The molecule has 0 aromatic rings. The molecule has 0 saturated heterocycles. The molecule has 0 aliphatic rings. The summed E-state index contributed by atoms with van der Waals surface area (Å²) in [5.41, 5.74) is 0. The van der Waals surface area contributed by atoms with Gasteiger partial charge in [-0.2, -0.15) is 0 Å². The summed E-state index contributed by atoms with van der Waals surface area (Å²) < 4.78 is 0. The van der Waals surface area contributed by atoms with Crippen LogP contribution in [0.2, 0.25) is 0 Å².